The molecule has 0 radical (unpaired) electrons. The molecule has 1 aromatic heterocycles. The van der Waals surface area contributed by atoms with Crippen LogP contribution in [-0.4, -0.2) is 11.5 Å². The van der Waals surface area contributed by atoms with E-state index in [0.717, 1.165) is 17.7 Å². The van der Waals surface area contributed by atoms with E-state index in [9.17, 15) is 17.6 Å². The lowest BCUT2D eigenvalue weighted by Crippen LogP contribution is -2.23. The average Bonchev–Trinajstić information content (AvgIpc) is 2.45. The van der Waals surface area contributed by atoms with E-state index in [2.05, 4.69) is 10.3 Å². The van der Waals surface area contributed by atoms with Crippen LogP contribution in [0.4, 0.5) is 17.6 Å². The normalized spacial score (nSPS) is 13.2. The predicted molar refractivity (Wildman–Crippen MR) is 71.2 cm³/mol. The highest BCUT2D eigenvalue weighted by molar-refractivity contribution is 5.35. The Balaban J connectivity index is 2.47. The Morgan fingerprint density at radius 2 is 1.95 bits per heavy atom. The predicted octanol–water partition coefficient (Wildman–Crippen LogP) is 3.94. The molecule has 0 aliphatic carbocycles. The molecule has 0 saturated carbocycles. The molecule has 1 N–H and O–H groups in total. The Kier molecular flexibility index (Phi) is 4.57. The van der Waals surface area contributed by atoms with Crippen LogP contribution in [0.2, 0.25) is 0 Å². The number of alkyl halides is 3. The summed E-state index contributed by atoms with van der Waals surface area (Å²) >= 11 is 0. The monoisotopic (exact) mass is 298 g/mol. The summed E-state index contributed by atoms with van der Waals surface area (Å²) in [5, 5.41) is 3.08. The number of pyridine rings is 1. The Hall–Kier alpha value is -1.95. The fourth-order valence-corrected chi connectivity index (χ4v) is 2.12. The summed E-state index contributed by atoms with van der Waals surface area (Å²) in [7, 11) is 0. The Labute approximate surface area is 119 Å². The smallest absolute Gasteiger partial charge is 0.306 e. The molecule has 0 spiro atoms. The van der Waals surface area contributed by atoms with E-state index in [1.54, 1.807) is 24.5 Å². The van der Waals surface area contributed by atoms with Gasteiger partial charge in [-0.2, -0.15) is 13.2 Å². The molecule has 0 aliphatic heterocycles. The minimum atomic E-state index is -4.72. The minimum Gasteiger partial charge on any atom is -0.306 e. The summed E-state index contributed by atoms with van der Waals surface area (Å²) < 4.78 is 51.8. The number of nitrogens with one attached hydrogen (secondary N) is 1. The highest BCUT2D eigenvalue weighted by Crippen LogP contribution is 2.34. The lowest BCUT2D eigenvalue weighted by Gasteiger charge is -2.20. The van der Waals surface area contributed by atoms with Crippen LogP contribution in [-0.2, 0) is 6.18 Å². The van der Waals surface area contributed by atoms with Gasteiger partial charge < -0.3 is 5.32 Å². The number of halogens is 4. The molecule has 2 aromatic rings. The van der Waals surface area contributed by atoms with Crippen molar-refractivity contribution in [2.45, 2.75) is 19.1 Å². The molecule has 2 nitrogen and oxygen atoms in total. The SMILES string of the molecule is CCNC(c1cccnc1)c1ccc(F)c(C(F)(F)F)c1. The molecule has 1 atom stereocenters. The molecule has 1 heterocycles. The lowest BCUT2D eigenvalue weighted by molar-refractivity contribution is -0.140. The first-order valence-corrected chi connectivity index (χ1v) is 6.43. The van der Waals surface area contributed by atoms with Crippen LogP contribution in [0, 0.1) is 5.82 Å². The van der Waals surface area contributed by atoms with Gasteiger partial charge in [-0.05, 0) is 35.9 Å². The molecule has 1 aromatic carbocycles. The highest BCUT2D eigenvalue weighted by Gasteiger charge is 2.34. The molecule has 112 valence electrons. The first-order chi connectivity index (χ1) is 9.93. The van der Waals surface area contributed by atoms with Gasteiger partial charge in [0.15, 0.2) is 0 Å². The maximum atomic E-state index is 13.4. The second-order valence-corrected chi connectivity index (χ2v) is 4.51. The van der Waals surface area contributed by atoms with Crippen LogP contribution in [0.5, 0.6) is 0 Å². The van der Waals surface area contributed by atoms with Crippen LogP contribution in [0.25, 0.3) is 0 Å². The van der Waals surface area contributed by atoms with Gasteiger partial charge in [0.2, 0.25) is 0 Å². The first kappa shape index (κ1) is 15.4. The summed E-state index contributed by atoms with van der Waals surface area (Å²) in [6.07, 6.45) is -1.56. The van der Waals surface area contributed by atoms with Crippen molar-refractivity contribution in [3.63, 3.8) is 0 Å². The van der Waals surface area contributed by atoms with Gasteiger partial charge in [-0.15, -0.1) is 0 Å². The Morgan fingerprint density at radius 3 is 2.52 bits per heavy atom. The van der Waals surface area contributed by atoms with Crippen LogP contribution in [0.3, 0.4) is 0 Å². The van der Waals surface area contributed by atoms with Crippen LogP contribution < -0.4 is 5.32 Å². The molecule has 21 heavy (non-hydrogen) atoms. The zero-order valence-electron chi connectivity index (χ0n) is 11.3. The standard InChI is InChI=1S/C15H14F4N2/c1-2-21-14(11-4-3-7-20-9-11)10-5-6-13(16)12(8-10)15(17,18)19/h3-9,14,21H,2H2,1H3. The van der Waals surface area contributed by atoms with Crippen molar-refractivity contribution in [2.24, 2.45) is 0 Å². The lowest BCUT2D eigenvalue weighted by atomic mass is 9.98. The third-order valence-corrected chi connectivity index (χ3v) is 3.06. The van der Waals surface area contributed by atoms with Crippen LogP contribution >= 0.6 is 0 Å². The number of hydrogen-bond donors (Lipinski definition) is 1. The van der Waals surface area contributed by atoms with Gasteiger partial charge in [-0.25, -0.2) is 4.39 Å². The first-order valence-electron chi connectivity index (χ1n) is 6.43. The van der Waals surface area contributed by atoms with Gasteiger partial charge in [-0.3, -0.25) is 4.98 Å². The van der Waals surface area contributed by atoms with E-state index in [-0.39, 0.29) is 0 Å². The second-order valence-electron chi connectivity index (χ2n) is 4.51. The van der Waals surface area contributed by atoms with Gasteiger partial charge >= 0.3 is 6.18 Å². The molecule has 0 saturated heterocycles. The molecule has 0 amide bonds. The Morgan fingerprint density at radius 1 is 1.19 bits per heavy atom. The van der Waals surface area contributed by atoms with Gasteiger partial charge in [0.25, 0.3) is 0 Å². The van der Waals surface area contributed by atoms with Crippen molar-refractivity contribution >= 4 is 0 Å². The van der Waals surface area contributed by atoms with E-state index in [4.69, 9.17) is 0 Å². The van der Waals surface area contributed by atoms with Gasteiger partial charge in [-0.1, -0.05) is 19.1 Å². The van der Waals surface area contributed by atoms with Gasteiger partial charge in [0.1, 0.15) is 5.82 Å². The van der Waals surface area contributed by atoms with E-state index in [1.165, 1.54) is 6.07 Å². The summed E-state index contributed by atoms with van der Waals surface area (Å²) in [6.45, 7) is 2.40. The number of hydrogen-bond acceptors (Lipinski definition) is 2. The number of nitrogens with zero attached hydrogens (tertiary/aromatic N) is 1. The fourth-order valence-electron chi connectivity index (χ4n) is 2.12. The van der Waals surface area contributed by atoms with E-state index in [0.29, 0.717) is 12.1 Å². The van der Waals surface area contributed by atoms with Crippen LogP contribution in [0.15, 0.2) is 42.7 Å². The van der Waals surface area contributed by atoms with Crippen molar-refractivity contribution in [2.75, 3.05) is 6.54 Å². The highest BCUT2D eigenvalue weighted by atomic mass is 19.4. The van der Waals surface area contributed by atoms with Crippen LogP contribution in [0.1, 0.15) is 29.7 Å². The average molecular weight is 298 g/mol. The van der Waals surface area contributed by atoms with Crippen molar-refractivity contribution in [1.82, 2.24) is 10.3 Å². The number of aromatic nitrogens is 1. The summed E-state index contributed by atoms with van der Waals surface area (Å²) in [5.74, 6) is -1.27. The Bertz CT molecular complexity index is 596. The van der Waals surface area contributed by atoms with Gasteiger partial charge in [0.05, 0.1) is 11.6 Å². The summed E-state index contributed by atoms with van der Waals surface area (Å²) in [4.78, 5) is 3.97. The molecular weight excluding hydrogens is 284 g/mol. The molecular formula is C15H14F4N2. The maximum absolute atomic E-state index is 13.4. The van der Waals surface area contributed by atoms with E-state index >= 15 is 0 Å². The zero-order chi connectivity index (χ0) is 15.5. The molecule has 0 aliphatic rings. The minimum absolute atomic E-state index is 0.346. The molecule has 0 bridgehead atoms. The van der Waals surface area contributed by atoms with Crippen molar-refractivity contribution in [1.29, 1.82) is 0 Å². The van der Waals surface area contributed by atoms with Crippen molar-refractivity contribution in [3.05, 3.63) is 65.2 Å². The third-order valence-electron chi connectivity index (χ3n) is 3.06. The van der Waals surface area contributed by atoms with E-state index in [1.807, 2.05) is 6.92 Å². The molecule has 2 rings (SSSR count). The number of benzene rings is 1. The summed E-state index contributed by atoms with van der Waals surface area (Å²) in [5.41, 5.74) is -0.190. The summed E-state index contributed by atoms with van der Waals surface area (Å²) in [6, 6.07) is 6.04. The molecule has 1 unspecified atom stereocenters. The zero-order valence-corrected chi connectivity index (χ0v) is 11.3. The topological polar surface area (TPSA) is 24.9 Å². The quantitative estimate of drug-likeness (QED) is 0.865. The maximum Gasteiger partial charge on any atom is 0.419 e. The largest absolute Gasteiger partial charge is 0.419 e. The van der Waals surface area contributed by atoms with Gasteiger partial charge in [0, 0.05) is 12.4 Å². The fraction of sp³-hybridized carbons (Fsp3) is 0.267. The molecule has 6 heteroatoms. The number of rotatable bonds is 4. The van der Waals surface area contributed by atoms with Crippen molar-refractivity contribution < 1.29 is 17.6 Å². The molecule has 0 fully saturated rings. The second kappa shape index (κ2) is 6.22. The van der Waals surface area contributed by atoms with E-state index < -0.39 is 23.6 Å². The third kappa shape index (κ3) is 3.58. The van der Waals surface area contributed by atoms with Crippen molar-refractivity contribution in [3.8, 4) is 0 Å².